The molecule has 0 saturated heterocycles. The fourth-order valence-corrected chi connectivity index (χ4v) is 3.34. The number of thiophene rings is 1. The highest BCUT2D eigenvalue weighted by atomic mass is 79.9. The Hall–Kier alpha value is -0.750. The molecule has 0 fully saturated rings. The van der Waals surface area contributed by atoms with E-state index in [9.17, 15) is 0 Å². The zero-order chi connectivity index (χ0) is 14.0. The standard InChI is InChI=1S/C13H13BrClNO2S/c1-17-9-6-8(14)10(18-2)5-7(9)13(16)11-3-4-12(15)19-11/h3-6,13H,16H2,1-2H3. The average molecular weight is 363 g/mol. The minimum Gasteiger partial charge on any atom is -0.496 e. The zero-order valence-electron chi connectivity index (χ0n) is 10.4. The molecule has 0 saturated carbocycles. The van der Waals surface area contributed by atoms with Crippen LogP contribution in [0.15, 0.2) is 28.7 Å². The van der Waals surface area contributed by atoms with Crippen molar-refractivity contribution in [3.63, 3.8) is 0 Å². The second-order valence-corrected chi connectivity index (χ2v) is 6.45. The van der Waals surface area contributed by atoms with Crippen molar-refractivity contribution in [1.82, 2.24) is 0 Å². The summed E-state index contributed by atoms with van der Waals surface area (Å²) in [5, 5.41) is 0. The molecule has 0 aliphatic carbocycles. The first-order chi connectivity index (χ1) is 9.06. The number of hydrogen-bond donors (Lipinski definition) is 1. The van der Waals surface area contributed by atoms with Crippen LogP contribution in [0.2, 0.25) is 4.34 Å². The molecule has 0 amide bonds. The molecule has 0 radical (unpaired) electrons. The van der Waals surface area contributed by atoms with Crippen molar-refractivity contribution in [3.05, 3.63) is 43.5 Å². The molecule has 0 bridgehead atoms. The van der Waals surface area contributed by atoms with Gasteiger partial charge >= 0.3 is 0 Å². The van der Waals surface area contributed by atoms with Gasteiger partial charge in [0.25, 0.3) is 0 Å². The first-order valence-electron chi connectivity index (χ1n) is 5.49. The first-order valence-corrected chi connectivity index (χ1v) is 7.47. The Kier molecular flexibility index (Phi) is 4.73. The van der Waals surface area contributed by atoms with Gasteiger partial charge in [-0.15, -0.1) is 11.3 Å². The number of hydrogen-bond acceptors (Lipinski definition) is 4. The van der Waals surface area contributed by atoms with Gasteiger partial charge < -0.3 is 15.2 Å². The van der Waals surface area contributed by atoms with E-state index < -0.39 is 0 Å². The number of rotatable bonds is 4. The van der Waals surface area contributed by atoms with Crippen molar-refractivity contribution in [2.24, 2.45) is 5.73 Å². The van der Waals surface area contributed by atoms with Gasteiger partial charge in [0.1, 0.15) is 11.5 Å². The highest BCUT2D eigenvalue weighted by Gasteiger charge is 2.18. The minimum absolute atomic E-state index is 0.297. The van der Waals surface area contributed by atoms with Crippen molar-refractivity contribution in [2.75, 3.05) is 14.2 Å². The summed E-state index contributed by atoms with van der Waals surface area (Å²) in [6, 6.07) is 7.19. The first kappa shape index (κ1) is 14.7. The SMILES string of the molecule is COc1cc(C(N)c2ccc(Cl)s2)c(OC)cc1Br. The highest BCUT2D eigenvalue weighted by molar-refractivity contribution is 9.10. The van der Waals surface area contributed by atoms with Crippen molar-refractivity contribution in [3.8, 4) is 11.5 Å². The molecule has 1 aromatic heterocycles. The molecule has 0 aliphatic rings. The third-order valence-electron chi connectivity index (χ3n) is 2.74. The smallest absolute Gasteiger partial charge is 0.133 e. The summed E-state index contributed by atoms with van der Waals surface area (Å²) in [5.41, 5.74) is 7.14. The number of benzene rings is 1. The summed E-state index contributed by atoms with van der Waals surface area (Å²) in [6.45, 7) is 0. The molecule has 1 heterocycles. The van der Waals surface area contributed by atoms with E-state index in [1.54, 1.807) is 14.2 Å². The second kappa shape index (κ2) is 6.13. The van der Waals surface area contributed by atoms with Crippen LogP contribution in [0.4, 0.5) is 0 Å². The van der Waals surface area contributed by atoms with E-state index in [0.29, 0.717) is 15.8 Å². The largest absolute Gasteiger partial charge is 0.496 e. The van der Waals surface area contributed by atoms with Crippen molar-refractivity contribution in [2.45, 2.75) is 6.04 Å². The Bertz CT molecular complexity index is 588. The maximum absolute atomic E-state index is 6.28. The lowest BCUT2D eigenvalue weighted by atomic mass is 10.0. The van der Waals surface area contributed by atoms with Crippen LogP contribution < -0.4 is 15.2 Å². The van der Waals surface area contributed by atoms with E-state index in [1.807, 2.05) is 24.3 Å². The maximum Gasteiger partial charge on any atom is 0.133 e. The molecule has 2 rings (SSSR count). The quantitative estimate of drug-likeness (QED) is 0.885. The van der Waals surface area contributed by atoms with Crippen LogP contribution in [-0.4, -0.2) is 14.2 Å². The number of halogens is 2. The van der Waals surface area contributed by atoms with E-state index in [4.69, 9.17) is 26.8 Å². The monoisotopic (exact) mass is 361 g/mol. The molecular weight excluding hydrogens is 350 g/mol. The van der Waals surface area contributed by atoms with Gasteiger partial charge in [-0.3, -0.25) is 0 Å². The minimum atomic E-state index is -0.297. The average Bonchev–Trinajstić information content (AvgIpc) is 2.84. The highest BCUT2D eigenvalue weighted by Crippen LogP contribution is 2.39. The van der Waals surface area contributed by atoms with Gasteiger partial charge in [0.05, 0.1) is 29.1 Å². The lowest BCUT2D eigenvalue weighted by Crippen LogP contribution is -2.12. The van der Waals surface area contributed by atoms with Gasteiger partial charge in [-0.25, -0.2) is 0 Å². The lowest BCUT2D eigenvalue weighted by molar-refractivity contribution is 0.395. The molecule has 1 unspecified atom stereocenters. The van der Waals surface area contributed by atoms with E-state index in [2.05, 4.69) is 15.9 Å². The summed E-state index contributed by atoms with van der Waals surface area (Å²) in [5.74, 6) is 1.43. The van der Waals surface area contributed by atoms with Crippen LogP contribution >= 0.6 is 38.9 Å². The van der Waals surface area contributed by atoms with Gasteiger partial charge in [-0.1, -0.05) is 11.6 Å². The molecule has 1 aromatic carbocycles. The fourth-order valence-electron chi connectivity index (χ4n) is 1.78. The van der Waals surface area contributed by atoms with Crippen molar-refractivity contribution in [1.29, 1.82) is 0 Å². The molecule has 19 heavy (non-hydrogen) atoms. The molecule has 0 aliphatic heterocycles. The van der Waals surface area contributed by atoms with E-state index >= 15 is 0 Å². The Morgan fingerprint density at radius 1 is 1.21 bits per heavy atom. The summed E-state index contributed by atoms with van der Waals surface area (Å²) in [7, 11) is 3.23. The fraction of sp³-hybridized carbons (Fsp3) is 0.231. The van der Waals surface area contributed by atoms with Crippen molar-refractivity contribution >= 4 is 38.9 Å². The predicted molar refractivity (Wildman–Crippen MR) is 82.6 cm³/mol. The summed E-state index contributed by atoms with van der Waals surface area (Å²) >= 11 is 10.8. The van der Waals surface area contributed by atoms with Gasteiger partial charge in [0.15, 0.2) is 0 Å². The predicted octanol–water partition coefficient (Wildman–Crippen LogP) is 4.23. The third kappa shape index (κ3) is 3.05. The summed E-state index contributed by atoms with van der Waals surface area (Å²) in [6.07, 6.45) is 0. The van der Waals surface area contributed by atoms with E-state index in [-0.39, 0.29) is 6.04 Å². The number of methoxy groups -OCH3 is 2. The molecule has 3 nitrogen and oxygen atoms in total. The molecular formula is C13H13BrClNO2S. The molecule has 102 valence electrons. The second-order valence-electron chi connectivity index (χ2n) is 3.85. The molecule has 0 spiro atoms. The van der Waals surface area contributed by atoms with E-state index in [1.165, 1.54) is 11.3 Å². The van der Waals surface area contributed by atoms with Gasteiger partial charge in [0.2, 0.25) is 0 Å². The van der Waals surface area contributed by atoms with Crippen molar-refractivity contribution < 1.29 is 9.47 Å². The van der Waals surface area contributed by atoms with Crippen LogP contribution in [0.25, 0.3) is 0 Å². The molecule has 2 N–H and O–H groups in total. The normalized spacial score (nSPS) is 12.3. The number of ether oxygens (including phenoxy) is 2. The lowest BCUT2D eigenvalue weighted by Gasteiger charge is -2.16. The van der Waals surface area contributed by atoms with Gasteiger partial charge in [-0.2, -0.15) is 0 Å². The van der Waals surface area contributed by atoms with Crippen LogP contribution in [0.5, 0.6) is 11.5 Å². The Morgan fingerprint density at radius 3 is 2.42 bits per heavy atom. The maximum atomic E-state index is 6.28. The Labute approximate surface area is 129 Å². The van der Waals surface area contributed by atoms with Crippen LogP contribution in [0.1, 0.15) is 16.5 Å². The molecule has 2 aromatic rings. The summed E-state index contributed by atoms with van der Waals surface area (Å²) < 4.78 is 12.2. The Morgan fingerprint density at radius 2 is 1.89 bits per heavy atom. The summed E-state index contributed by atoms with van der Waals surface area (Å²) in [4.78, 5) is 0.979. The van der Waals surface area contributed by atoms with Gasteiger partial charge in [0, 0.05) is 10.4 Å². The van der Waals surface area contributed by atoms with Crippen LogP contribution in [0.3, 0.4) is 0 Å². The molecule has 1 atom stereocenters. The third-order valence-corrected chi connectivity index (χ3v) is 4.67. The van der Waals surface area contributed by atoms with Crippen LogP contribution in [-0.2, 0) is 0 Å². The van der Waals surface area contributed by atoms with Crippen LogP contribution in [0, 0.1) is 0 Å². The Balaban J connectivity index is 2.48. The van der Waals surface area contributed by atoms with Gasteiger partial charge in [-0.05, 0) is 40.2 Å². The number of nitrogens with two attached hydrogens (primary N) is 1. The zero-order valence-corrected chi connectivity index (χ0v) is 13.6. The topological polar surface area (TPSA) is 44.5 Å². The van der Waals surface area contributed by atoms with E-state index in [0.717, 1.165) is 14.9 Å². The molecule has 6 heteroatoms.